The monoisotopic (exact) mass is 267 g/mol. The molecule has 1 atom stereocenters. The van der Waals surface area contributed by atoms with Crippen molar-refractivity contribution in [3.05, 3.63) is 37.8 Å². The number of carbonyl (C=O) groups is 3. The van der Waals surface area contributed by atoms with Crippen molar-refractivity contribution in [1.29, 1.82) is 0 Å². The average molecular weight is 267 g/mol. The summed E-state index contributed by atoms with van der Waals surface area (Å²) in [5.41, 5.74) is 0. The number of hydrogen-bond acceptors (Lipinski definition) is 4. The van der Waals surface area contributed by atoms with Gasteiger partial charge in [-0.2, -0.15) is 0 Å². The van der Waals surface area contributed by atoms with Crippen LogP contribution in [0.15, 0.2) is 37.8 Å². The van der Waals surface area contributed by atoms with Crippen LogP contribution in [0.3, 0.4) is 0 Å². The highest BCUT2D eigenvalue weighted by atomic mass is 16.5. The third-order valence-corrected chi connectivity index (χ3v) is 2.21. The van der Waals surface area contributed by atoms with Gasteiger partial charge in [-0.05, 0) is 6.42 Å². The first-order chi connectivity index (χ1) is 8.92. The van der Waals surface area contributed by atoms with Crippen LogP contribution in [0.1, 0.15) is 13.3 Å². The number of esters is 1. The maximum absolute atomic E-state index is 11.4. The Morgan fingerprint density at radius 3 is 2.42 bits per heavy atom. The molecule has 1 fully saturated rings. The van der Waals surface area contributed by atoms with E-state index in [1.54, 1.807) is 6.08 Å². The van der Waals surface area contributed by atoms with Gasteiger partial charge in [0.05, 0.1) is 12.2 Å². The van der Waals surface area contributed by atoms with Crippen LogP contribution in [0, 0.1) is 5.92 Å². The topological polar surface area (TPSA) is 83.9 Å². The maximum Gasteiger partial charge on any atom is 0.329 e. The third-order valence-electron chi connectivity index (χ3n) is 2.21. The molecule has 104 valence electrons. The summed E-state index contributed by atoms with van der Waals surface area (Å²) in [7, 11) is 0. The molecule has 0 saturated carbocycles. The summed E-state index contributed by atoms with van der Waals surface area (Å²) in [6.45, 7) is 8.58. The quantitative estimate of drug-likeness (QED) is 0.359. The molecule has 6 heteroatoms. The van der Waals surface area contributed by atoms with E-state index in [2.05, 4.69) is 17.9 Å². The van der Waals surface area contributed by atoms with Gasteiger partial charge in [0.25, 0.3) is 0 Å². The van der Waals surface area contributed by atoms with Crippen molar-refractivity contribution >= 4 is 17.8 Å². The lowest BCUT2D eigenvalue weighted by molar-refractivity contribution is -0.135. The van der Waals surface area contributed by atoms with E-state index in [1.165, 1.54) is 18.0 Å². The van der Waals surface area contributed by atoms with Crippen LogP contribution in [0.25, 0.3) is 0 Å². The fourth-order valence-electron chi connectivity index (χ4n) is 1.36. The van der Waals surface area contributed by atoms with Crippen LogP contribution in [0.2, 0.25) is 0 Å². The minimum atomic E-state index is -1.05. The van der Waals surface area contributed by atoms with Crippen LogP contribution in [0.4, 0.5) is 0 Å². The molecular weight excluding hydrogens is 250 g/mol. The minimum absolute atomic E-state index is 0.0764. The molecule has 6 nitrogen and oxygen atoms in total. The summed E-state index contributed by atoms with van der Waals surface area (Å²) in [5, 5.41) is 8.34. The molecule has 0 aliphatic carbocycles. The summed E-state index contributed by atoms with van der Waals surface area (Å²) in [5.74, 6) is -1.61. The second-order valence-corrected chi connectivity index (χ2v) is 3.59. The summed E-state index contributed by atoms with van der Waals surface area (Å²) in [6, 6.07) is 0. The molecule has 0 aromatic carbocycles. The largest absolute Gasteiger partial charge is 0.478 e. The Morgan fingerprint density at radius 1 is 1.47 bits per heavy atom. The highest BCUT2D eigenvalue weighted by Crippen LogP contribution is 2.18. The fraction of sp³-hybridized carbons (Fsp3) is 0.308. The normalized spacial score (nSPS) is 17.6. The Morgan fingerprint density at radius 2 is 2.11 bits per heavy atom. The predicted molar refractivity (Wildman–Crippen MR) is 68.8 cm³/mol. The smallest absolute Gasteiger partial charge is 0.329 e. The number of aliphatic carboxylic acids is 1. The molecule has 0 radical (unpaired) electrons. The minimum Gasteiger partial charge on any atom is -0.478 e. The molecule has 1 unspecified atom stereocenters. The van der Waals surface area contributed by atoms with Gasteiger partial charge in [-0.15, -0.1) is 6.58 Å². The van der Waals surface area contributed by atoms with Gasteiger partial charge in [0.2, 0.25) is 5.91 Å². The second-order valence-electron chi connectivity index (χ2n) is 3.59. The molecule has 0 spiro atoms. The van der Waals surface area contributed by atoms with Gasteiger partial charge in [-0.25, -0.2) is 4.79 Å². The van der Waals surface area contributed by atoms with E-state index in [0.717, 1.165) is 12.3 Å². The van der Waals surface area contributed by atoms with Gasteiger partial charge in [0.1, 0.15) is 0 Å². The molecule has 19 heavy (non-hydrogen) atoms. The van der Waals surface area contributed by atoms with Crippen molar-refractivity contribution in [3.63, 3.8) is 0 Å². The summed E-state index contributed by atoms with van der Waals surface area (Å²) >= 11 is 0. The van der Waals surface area contributed by atoms with Crippen molar-refractivity contribution in [1.82, 2.24) is 4.90 Å². The molecule has 1 aliphatic heterocycles. The number of hydrogen-bond donors (Lipinski definition) is 1. The van der Waals surface area contributed by atoms with E-state index in [0.29, 0.717) is 13.0 Å². The molecule has 1 saturated heterocycles. The SMILES string of the molecule is C=CC1CCN(C=CC(=O)O)C1=O.C=COC(C)=O. The van der Waals surface area contributed by atoms with Crippen molar-refractivity contribution in [3.8, 4) is 0 Å². The van der Waals surface area contributed by atoms with E-state index in [1.807, 2.05) is 0 Å². The standard InChI is InChI=1S/C9H11NO3.C4H6O2/c1-2-7-3-5-10(9(7)13)6-4-8(11)12;1-3-6-4(2)5/h2,4,6-7H,1,3,5H2,(H,11,12);3H,1H2,2H3. The number of likely N-dealkylation sites (tertiary alicyclic amines) is 1. The Hall–Kier alpha value is -2.37. The lowest BCUT2D eigenvalue weighted by atomic mass is 10.1. The number of nitrogens with zero attached hydrogens (tertiary/aromatic N) is 1. The predicted octanol–water partition coefficient (Wildman–Crippen LogP) is 1.31. The van der Waals surface area contributed by atoms with Crippen LogP contribution < -0.4 is 0 Å². The Bertz CT molecular complexity index is 400. The lowest BCUT2D eigenvalue weighted by Gasteiger charge is -2.08. The molecule has 1 rings (SSSR count). The van der Waals surface area contributed by atoms with Crippen molar-refractivity contribution in [2.45, 2.75) is 13.3 Å². The van der Waals surface area contributed by atoms with Gasteiger partial charge in [0.15, 0.2) is 0 Å². The first-order valence-electron chi connectivity index (χ1n) is 5.54. The van der Waals surface area contributed by atoms with E-state index in [4.69, 9.17) is 5.11 Å². The Kier molecular flexibility index (Phi) is 7.60. The number of carbonyl (C=O) groups excluding carboxylic acids is 2. The zero-order chi connectivity index (χ0) is 14.8. The van der Waals surface area contributed by atoms with Crippen molar-refractivity contribution in [2.24, 2.45) is 5.92 Å². The van der Waals surface area contributed by atoms with Crippen LogP contribution in [-0.4, -0.2) is 34.4 Å². The molecular formula is C13H17NO5. The van der Waals surface area contributed by atoms with Crippen molar-refractivity contribution in [2.75, 3.05) is 6.54 Å². The third kappa shape index (κ3) is 6.82. The zero-order valence-electron chi connectivity index (χ0n) is 10.7. The number of carboxylic acids is 1. The van der Waals surface area contributed by atoms with Gasteiger partial charge >= 0.3 is 11.9 Å². The lowest BCUT2D eigenvalue weighted by Crippen LogP contribution is -2.21. The molecule has 1 heterocycles. The highest BCUT2D eigenvalue weighted by Gasteiger charge is 2.27. The highest BCUT2D eigenvalue weighted by molar-refractivity contribution is 5.85. The van der Waals surface area contributed by atoms with E-state index in [9.17, 15) is 14.4 Å². The zero-order valence-corrected chi connectivity index (χ0v) is 10.7. The molecule has 0 aromatic rings. The van der Waals surface area contributed by atoms with Gasteiger partial charge in [0, 0.05) is 25.7 Å². The van der Waals surface area contributed by atoms with E-state index < -0.39 is 5.97 Å². The first kappa shape index (κ1) is 16.6. The van der Waals surface area contributed by atoms with Gasteiger partial charge < -0.3 is 14.7 Å². The number of rotatable bonds is 4. The van der Waals surface area contributed by atoms with E-state index in [-0.39, 0.29) is 17.8 Å². The van der Waals surface area contributed by atoms with Gasteiger partial charge in [-0.1, -0.05) is 12.7 Å². The van der Waals surface area contributed by atoms with Crippen LogP contribution in [0.5, 0.6) is 0 Å². The molecule has 0 aromatic heterocycles. The number of amides is 1. The summed E-state index contributed by atoms with van der Waals surface area (Å²) < 4.78 is 4.17. The Balaban J connectivity index is 0.000000459. The first-order valence-corrected chi connectivity index (χ1v) is 5.54. The fourth-order valence-corrected chi connectivity index (χ4v) is 1.36. The Labute approximate surface area is 111 Å². The summed E-state index contributed by atoms with van der Waals surface area (Å²) in [6.07, 6.45) is 5.67. The number of carboxylic acid groups (broad SMARTS) is 1. The van der Waals surface area contributed by atoms with Crippen LogP contribution in [-0.2, 0) is 19.1 Å². The molecule has 1 N–H and O–H groups in total. The molecule has 1 aliphatic rings. The van der Waals surface area contributed by atoms with Crippen LogP contribution >= 0.6 is 0 Å². The second kappa shape index (κ2) is 8.68. The molecule has 1 amide bonds. The summed E-state index contributed by atoms with van der Waals surface area (Å²) in [4.78, 5) is 32.7. The van der Waals surface area contributed by atoms with Crippen molar-refractivity contribution < 1.29 is 24.2 Å². The number of ether oxygens (including phenoxy) is 1. The molecule has 0 bridgehead atoms. The van der Waals surface area contributed by atoms with Gasteiger partial charge in [-0.3, -0.25) is 9.59 Å². The van der Waals surface area contributed by atoms with E-state index >= 15 is 0 Å². The average Bonchev–Trinajstić information content (AvgIpc) is 2.68. The maximum atomic E-state index is 11.4.